The summed E-state index contributed by atoms with van der Waals surface area (Å²) in [7, 11) is 0. The summed E-state index contributed by atoms with van der Waals surface area (Å²) in [6, 6.07) is 1.04. The molecule has 108 valence electrons. The topological polar surface area (TPSA) is 29.3 Å². The summed E-state index contributed by atoms with van der Waals surface area (Å²) in [6.45, 7) is 14.2. The highest BCUT2D eigenvalue weighted by atomic mass is 15.2. The molecular formula is C16H34N2. The molecule has 18 heavy (non-hydrogen) atoms. The average molecular weight is 254 g/mol. The van der Waals surface area contributed by atoms with Crippen LogP contribution in [-0.4, -0.2) is 30.1 Å². The molecule has 2 heteroatoms. The molecule has 3 unspecified atom stereocenters. The summed E-state index contributed by atoms with van der Waals surface area (Å²) in [4.78, 5) is 2.67. The van der Waals surface area contributed by atoms with Gasteiger partial charge in [-0.2, -0.15) is 0 Å². The monoisotopic (exact) mass is 254 g/mol. The van der Waals surface area contributed by atoms with Crippen LogP contribution in [0.25, 0.3) is 0 Å². The zero-order valence-electron chi connectivity index (χ0n) is 13.2. The predicted octanol–water partition coefficient (Wildman–Crippen LogP) is 3.65. The van der Waals surface area contributed by atoms with Crippen LogP contribution < -0.4 is 5.73 Å². The molecule has 0 aromatic rings. The molecule has 2 nitrogen and oxygen atoms in total. The SMILES string of the molecule is CCCCCC(C)(C)CN1CCC(N)C(C)C1C. The number of hydrogen-bond acceptors (Lipinski definition) is 2. The lowest BCUT2D eigenvalue weighted by Gasteiger charge is -2.44. The quantitative estimate of drug-likeness (QED) is 0.733. The van der Waals surface area contributed by atoms with Crippen LogP contribution in [-0.2, 0) is 0 Å². The summed E-state index contributed by atoms with van der Waals surface area (Å²) in [5.74, 6) is 0.630. The van der Waals surface area contributed by atoms with E-state index in [0.29, 0.717) is 23.4 Å². The lowest BCUT2D eigenvalue weighted by Crippen LogP contribution is -2.53. The number of nitrogens with zero attached hydrogens (tertiary/aromatic N) is 1. The molecule has 1 saturated heterocycles. The van der Waals surface area contributed by atoms with Crippen molar-refractivity contribution < 1.29 is 0 Å². The molecule has 1 aliphatic rings. The number of unbranched alkanes of at least 4 members (excludes halogenated alkanes) is 2. The van der Waals surface area contributed by atoms with Crippen molar-refractivity contribution in [1.82, 2.24) is 4.90 Å². The van der Waals surface area contributed by atoms with E-state index in [1.807, 2.05) is 0 Å². The molecule has 0 aromatic heterocycles. The van der Waals surface area contributed by atoms with E-state index in [0.717, 1.165) is 6.42 Å². The summed E-state index contributed by atoms with van der Waals surface area (Å²) in [5, 5.41) is 0. The molecule has 1 rings (SSSR count). The van der Waals surface area contributed by atoms with Crippen molar-refractivity contribution in [2.24, 2.45) is 17.1 Å². The van der Waals surface area contributed by atoms with Crippen LogP contribution in [0.2, 0.25) is 0 Å². The van der Waals surface area contributed by atoms with Gasteiger partial charge in [-0.15, -0.1) is 0 Å². The van der Waals surface area contributed by atoms with Gasteiger partial charge in [0.15, 0.2) is 0 Å². The number of likely N-dealkylation sites (tertiary alicyclic amines) is 1. The fourth-order valence-corrected chi connectivity index (χ4v) is 3.18. The minimum atomic E-state index is 0.402. The zero-order chi connectivity index (χ0) is 13.8. The van der Waals surface area contributed by atoms with Crippen LogP contribution in [0.5, 0.6) is 0 Å². The summed E-state index contributed by atoms with van der Waals surface area (Å²) >= 11 is 0. The number of hydrogen-bond donors (Lipinski definition) is 1. The van der Waals surface area contributed by atoms with Crippen molar-refractivity contribution in [2.45, 2.75) is 78.8 Å². The lowest BCUT2D eigenvalue weighted by molar-refractivity contribution is 0.0574. The van der Waals surface area contributed by atoms with Crippen LogP contribution in [0.4, 0.5) is 0 Å². The van der Waals surface area contributed by atoms with Gasteiger partial charge in [0, 0.05) is 18.6 Å². The minimum absolute atomic E-state index is 0.402. The van der Waals surface area contributed by atoms with Crippen molar-refractivity contribution >= 4 is 0 Å². The van der Waals surface area contributed by atoms with Gasteiger partial charge in [-0.25, -0.2) is 0 Å². The van der Waals surface area contributed by atoms with Crippen LogP contribution in [0.1, 0.15) is 66.7 Å². The van der Waals surface area contributed by atoms with Gasteiger partial charge in [0.2, 0.25) is 0 Å². The second-order valence-electron chi connectivity index (χ2n) is 7.14. The Morgan fingerprint density at radius 2 is 1.89 bits per heavy atom. The van der Waals surface area contributed by atoms with Gasteiger partial charge >= 0.3 is 0 Å². The molecule has 0 aromatic carbocycles. The summed E-state index contributed by atoms with van der Waals surface area (Å²) < 4.78 is 0. The maximum atomic E-state index is 6.17. The van der Waals surface area contributed by atoms with Crippen LogP contribution in [0.15, 0.2) is 0 Å². The van der Waals surface area contributed by atoms with Gasteiger partial charge < -0.3 is 5.73 Å². The fraction of sp³-hybridized carbons (Fsp3) is 1.00. The van der Waals surface area contributed by atoms with Crippen molar-refractivity contribution in [2.75, 3.05) is 13.1 Å². The summed E-state index contributed by atoms with van der Waals surface area (Å²) in [5.41, 5.74) is 6.62. The molecule has 2 N–H and O–H groups in total. The Morgan fingerprint density at radius 1 is 1.22 bits per heavy atom. The number of nitrogens with two attached hydrogens (primary N) is 1. The Balaban J connectivity index is 2.45. The first-order valence-electron chi connectivity index (χ1n) is 7.87. The second kappa shape index (κ2) is 6.91. The largest absolute Gasteiger partial charge is 0.327 e. The third-order valence-corrected chi connectivity index (χ3v) is 4.85. The highest BCUT2D eigenvalue weighted by molar-refractivity contribution is 4.89. The predicted molar refractivity (Wildman–Crippen MR) is 80.7 cm³/mol. The van der Waals surface area contributed by atoms with Crippen molar-refractivity contribution in [3.05, 3.63) is 0 Å². The van der Waals surface area contributed by atoms with Gasteiger partial charge in [-0.05, 0) is 37.6 Å². The van der Waals surface area contributed by atoms with E-state index in [9.17, 15) is 0 Å². The third-order valence-electron chi connectivity index (χ3n) is 4.85. The maximum absolute atomic E-state index is 6.17. The number of piperidine rings is 1. The molecule has 0 spiro atoms. The molecule has 1 heterocycles. The van der Waals surface area contributed by atoms with Gasteiger partial charge in [0.25, 0.3) is 0 Å². The normalized spacial score (nSPS) is 30.7. The first-order valence-corrected chi connectivity index (χ1v) is 7.87. The Hall–Kier alpha value is -0.0800. The van der Waals surface area contributed by atoms with Gasteiger partial charge in [-0.3, -0.25) is 4.90 Å². The molecule has 0 aliphatic carbocycles. The average Bonchev–Trinajstić information content (AvgIpc) is 2.30. The van der Waals surface area contributed by atoms with E-state index in [1.54, 1.807) is 0 Å². The highest BCUT2D eigenvalue weighted by Gasteiger charge is 2.33. The third kappa shape index (κ3) is 4.55. The van der Waals surface area contributed by atoms with Crippen molar-refractivity contribution in [3.8, 4) is 0 Å². The first-order chi connectivity index (χ1) is 8.37. The van der Waals surface area contributed by atoms with Crippen molar-refractivity contribution in [3.63, 3.8) is 0 Å². The fourth-order valence-electron chi connectivity index (χ4n) is 3.18. The molecular weight excluding hydrogens is 220 g/mol. The standard InChI is InChI=1S/C16H34N2/c1-6-7-8-10-16(4,5)12-18-11-9-15(17)13(2)14(18)3/h13-15H,6-12,17H2,1-5H3. The first kappa shape index (κ1) is 16.0. The molecule has 1 aliphatic heterocycles. The van der Waals surface area contributed by atoms with Gasteiger partial charge in [0.1, 0.15) is 0 Å². The van der Waals surface area contributed by atoms with Crippen LogP contribution in [0.3, 0.4) is 0 Å². The minimum Gasteiger partial charge on any atom is -0.327 e. The molecule has 0 bridgehead atoms. The second-order valence-corrected chi connectivity index (χ2v) is 7.14. The van der Waals surface area contributed by atoms with Crippen LogP contribution >= 0.6 is 0 Å². The number of rotatable bonds is 6. The lowest BCUT2D eigenvalue weighted by atomic mass is 9.82. The Labute approximate surface area is 114 Å². The molecule has 3 atom stereocenters. The molecule has 1 fully saturated rings. The van der Waals surface area contributed by atoms with Crippen LogP contribution in [0, 0.1) is 11.3 Å². The van der Waals surface area contributed by atoms with Crippen molar-refractivity contribution in [1.29, 1.82) is 0 Å². The molecule has 0 radical (unpaired) electrons. The van der Waals surface area contributed by atoms with E-state index in [4.69, 9.17) is 5.73 Å². The highest BCUT2D eigenvalue weighted by Crippen LogP contribution is 2.30. The Morgan fingerprint density at radius 3 is 2.50 bits per heavy atom. The molecule has 0 saturated carbocycles. The van der Waals surface area contributed by atoms with Gasteiger partial charge in [-0.1, -0.05) is 47.0 Å². The van der Waals surface area contributed by atoms with E-state index >= 15 is 0 Å². The van der Waals surface area contributed by atoms with E-state index in [2.05, 4.69) is 39.5 Å². The van der Waals surface area contributed by atoms with E-state index in [1.165, 1.54) is 38.8 Å². The Bertz CT molecular complexity index is 237. The smallest absolute Gasteiger partial charge is 0.0108 e. The van der Waals surface area contributed by atoms with Gasteiger partial charge in [0.05, 0.1) is 0 Å². The van der Waals surface area contributed by atoms with E-state index < -0.39 is 0 Å². The van der Waals surface area contributed by atoms with E-state index in [-0.39, 0.29) is 0 Å². The maximum Gasteiger partial charge on any atom is 0.0108 e. The summed E-state index contributed by atoms with van der Waals surface area (Å²) in [6.07, 6.45) is 6.59. The zero-order valence-corrected chi connectivity index (χ0v) is 13.2. The Kier molecular flexibility index (Phi) is 6.13. The molecule has 0 amide bonds.